The standard InChI is InChI=1S/C16H13N3O2S/c1-21-15(20)11-6-4-7-13(9-11)18-16(22)19-14-8-3-2-5-12(14)10-17/h2-9H,1H3,(H2,18,19,22). The topological polar surface area (TPSA) is 74.2 Å². The van der Waals surface area contributed by atoms with Gasteiger partial charge in [-0.1, -0.05) is 18.2 Å². The molecule has 2 aromatic rings. The van der Waals surface area contributed by atoms with E-state index in [1.54, 1.807) is 42.5 Å². The Kier molecular flexibility index (Phi) is 5.07. The van der Waals surface area contributed by atoms with Crippen LogP contribution in [-0.2, 0) is 4.74 Å². The maximum atomic E-state index is 11.5. The molecule has 0 saturated heterocycles. The van der Waals surface area contributed by atoms with Crippen LogP contribution in [0, 0.1) is 11.3 Å². The van der Waals surface area contributed by atoms with Crippen molar-refractivity contribution in [3.8, 4) is 6.07 Å². The van der Waals surface area contributed by atoms with Gasteiger partial charge in [0.25, 0.3) is 0 Å². The first kappa shape index (κ1) is 15.5. The fourth-order valence-corrected chi connectivity index (χ4v) is 2.04. The van der Waals surface area contributed by atoms with Gasteiger partial charge in [0.15, 0.2) is 5.11 Å². The Morgan fingerprint density at radius 3 is 2.68 bits per heavy atom. The van der Waals surface area contributed by atoms with Crippen LogP contribution in [0.3, 0.4) is 0 Å². The van der Waals surface area contributed by atoms with E-state index in [9.17, 15) is 4.79 Å². The molecule has 2 N–H and O–H groups in total. The molecule has 2 aromatic carbocycles. The van der Waals surface area contributed by atoms with Gasteiger partial charge in [-0.3, -0.25) is 0 Å². The minimum Gasteiger partial charge on any atom is -0.465 e. The van der Waals surface area contributed by atoms with Crippen molar-refractivity contribution >= 4 is 34.7 Å². The summed E-state index contributed by atoms with van der Waals surface area (Å²) in [6.07, 6.45) is 0. The zero-order valence-corrected chi connectivity index (χ0v) is 12.6. The van der Waals surface area contributed by atoms with Crippen LogP contribution in [0.15, 0.2) is 48.5 Å². The molecular formula is C16H13N3O2S. The van der Waals surface area contributed by atoms with Crippen LogP contribution in [0.25, 0.3) is 0 Å². The average Bonchev–Trinajstić information content (AvgIpc) is 2.54. The zero-order chi connectivity index (χ0) is 15.9. The largest absolute Gasteiger partial charge is 0.465 e. The van der Waals surface area contributed by atoms with Crippen LogP contribution in [-0.4, -0.2) is 18.2 Å². The number of rotatable bonds is 3. The first-order chi connectivity index (χ1) is 10.6. The number of esters is 1. The monoisotopic (exact) mass is 311 g/mol. The summed E-state index contributed by atoms with van der Waals surface area (Å²) in [5, 5.41) is 15.3. The highest BCUT2D eigenvalue weighted by atomic mass is 32.1. The number of thiocarbonyl (C=S) groups is 1. The van der Waals surface area contributed by atoms with Crippen LogP contribution >= 0.6 is 12.2 Å². The van der Waals surface area contributed by atoms with E-state index < -0.39 is 5.97 Å². The fraction of sp³-hybridized carbons (Fsp3) is 0.0625. The van der Waals surface area contributed by atoms with Crippen molar-refractivity contribution in [2.24, 2.45) is 0 Å². The lowest BCUT2D eigenvalue weighted by Gasteiger charge is -2.12. The molecule has 2 rings (SSSR count). The van der Waals surface area contributed by atoms with Gasteiger partial charge < -0.3 is 15.4 Å². The van der Waals surface area contributed by atoms with Crippen LogP contribution in [0.5, 0.6) is 0 Å². The van der Waals surface area contributed by atoms with E-state index in [1.165, 1.54) is 7.11 Å². The number of hydrogen-bond donors (Lipinski definition) is 2. The molecule has 6 heteroatoms. The Hall–Kier alpha value is -2.91. The van der Waals surface area contributed by atoms with Gasteiger partial charge in [0.05, 0.1) is 23.9 Å². The van der Waals surface area contributed by atoms with E-state index in [1.807, 2.05) is 6.07 Å². The van der Waals surface area contributed by atoms with Crippen LogP contribution in [0.1, 0.15) is 15.9 Å². The Balaban J connectivity index is 2.10. The lowest BCUT2D eigenvalue weighted by Crippen LogP contribution is -2.19. The van der Waals surface area contributed by atoms with Gasteiger partial charge in [0.1, 0.15) is 6.07 Å². The normalized spacial score (nSPS) is 9.45. The fourth-order valence-electron chi connectivity index (χ4n) is 1.82. The van der Waals surface area contributed by atoms with Gasteiger partial charge >= 0.3 is 5.97 Å². The van der Waals surface area contributed by atoms with Crippen LogP contribution < -0.4 is 10.6 Å². The second-order valence-electron chi connectivity index (χ2n) is 4.31. The number of anilines is 2. The summed E-state index contributed by atoms with van der Waals surface area (Å²) in [5.74, 6) is -0.419. The number of carbonyl (C=O) groups excluding carboxylic acids is 1. The van der Waals surface area contributed by atoms with Crippen molar-refractivity contribution < 1.29 is 9.53 Å². The minimum atomic E-state index is -0.419. The highest BCUT2D eigenvalue weighted by Crippen LogP contribution is 2.15. The molecule has 0 saturated carbocycles. The average molecular weight is 311 g/mol. The number of nitrogens with zero attached hydrogens (tertiary/aromatic N) is 1. The van der Waals surface area contributed by atoms with E-state index in [0.717, 1.165) is 0 Å². The molecule has 0 spiro atoms. The number of nitriles is 1. The quantitative estimate of drug-likeness (QED) is 0.670. The van der Waals surface area contributed by atoms with Crippen molar-refractivity contribution in [2.45, 2.75) is 0 Å². The molecule has 0 radical (unpaired) electrons. The molecule has 5 nitrogen and oxygen atoms in total. The van der Waals surface area contributed by atoms with Crippen molar-refractivity contribution in [1.29, 1.82) is 5.26 Å². The van der Waals surface area contributed by atoms with Gasteiger partial charge in [-0.25, -0.2) is 4.79 Å². The van der Waals surface area contributed by atoms with E-state index in [4.69, 9.17) is 17.5 Å². The van der Waals surface area contributed by atoms with Crippen LogP contribution in [0.4, 0.5) is 11.4 Å². The summed E-state index contributed by atoms with van der Waals surface area (Å²) in [7, 11) is 1.33. The number of methoxy groups -OCH3 is 1. The van der Waals surface area contributed by atoms with E-state index >= 15 is 0 Å². The smallest absolute Gasteiger partial charge is 0.337 e. The first-order valence-electron chi connectivity index (χ1n) is 6.39. The summed E-state index contributed by atoms with van der Waals surface area (Å²) < 4.78 is 4.67. The Morgan fingerprint density at radius 1 is 1.18 bits per heavy atom. The third kappa shape index (κ3) is 3.81. The maximum absolute atomic E-state index is 11.5. The first-order valence-corrected chi connectivity index (χ1v) is 6.80. The molecule has 0 aromatic heterocycles. The summed E-state index contributed by atoms with van der Waals surface area (Å²) in [6, 6.07) is 15.9. The van der Waals surface area contributed by atoms with Crippen molar-refractivity contribution in [2.75, 3.05) is 17.7 Å². The third-order valence-electron chi connectivity index (χ3n) is 2.84. The minimum absolute atomic E-state index is 0.324. The van der Waals surface area contributed by atoms with E-state index in [0.29, 0.717) is 27.6 Å². The number of hydrogen-bond acceptors (Lipinski definition) is 4. The van der Waals surface area contributed by atoms with Gasteiger partial charge in [0, 0.05) is 5.69 Å². The summed E-state index contributed by atoms with van der Waals surface area (Å²) in [5.41, 5.74) is 2.18. The maximum Gasteiger partial charge on any atom is 0.337 e. The van der Waals surface area contributed by atoms with Crippen LogP contribution in [0.2, 0.25) is 0 Å². The lowest BCUT2D eigenvalue weighted by molar-refractivity contribution is 0.0601. The Morgan fingerprint density at radius 2 is 1.95 bits per heavy atom. The van der Waals surface area contributed by atoms with Gasteiger partial charge in [-0.2, -0.15) is 5.26 Å². The number of para-hydroxylation sites is 1. The van der Waals surface area contributed by atoms with Crippen molar-refractivity contribution in [3.63, 3.8) is 0 Å². The molecule has 110 valence electrons. The number of carbonyl (C=O) groups is 1. The number of benzene rings is 2. The second-order valence-corrected chi connectivity index (χ2v) is 4.72. The predicted octanol–water partition coefficient (Wildman–Crippen LogP) is 3.15. The molecule has 0 fully saturated rings. The molecule has 0 unspecified atom stereocenters. The molecular weight excluding hydrogens is 298 g/mol. The molecule has 0 aliphatic rings. The number of ether oxygens (including phenoxy) is 1. The molecule has 0 heterocycles. The molecule has 0 aliphatic carbocycles. The van der Waals surface area contributed by atoms with Crippen molar-refractivity contribution in [1.82, 2.24) is 0 Å². The molecule has 22 heavy (non-hydrogen) atoms. The van der Waals surface area contributed by atoms with E-state index in [2.05, 4.69) is 21.4 Å². The molecule has 0 aliphatic heterocycles. The van der Waals surface area contributed by atoms with Gasteiger partial charge in [-0.05, 0) is 42.5 Å². The molecule has 0 amide bonds. The molecule has 0 atom stereocenters. The lowest BCUT2D eigenvalue weighted by atomic mass is 10.2. The highest BCUT2D eigenvalue weighted by Gasteiger charge is 2.07. The number of nitrogens with one attached hydrogen (secondary N) is 2. The van der Waals surface area contributed by atoms with Gasteiger partial charge in [-0.15, -0.1) is 0 Å². The van der Waals surface area contributed by atoms with Gasteiger partial charge in [0.2, 0.25) is 0 Å². The summed E-state index contributed by atoms with van der Waals surface area (Å²) in [6.45, 7) is 0. The van der Waals surface area contributed by atoms with E-state index in [-0.39, 0.29) is 0 Å². The Labute approximate surface area is 133 Å². The summed E-state index contributed by atoms with van der Waals surface area (Å²) >= 11 is 5.22. The predicted molar refractivity (Wildman–Crippen MR) is 88.8 cm³/mol. The second kappa shape index (κ2) is 7.20. The summed E-state index contributed by atoms with van der Waals surface area (Å²) in [4.78, 5) is 11.5. The molecule has 0 bridgehead atoms. The SMILES string of the molecule is COC(=O)c1cccc(NC(=S)Nc2ccccc2C#N)c1. The highest BCUT2D eigenvalue weighted by molar-refractivity contribution is 7.80. The third-order valence-corrected chi connectivity index (χ3v) is 3.04. The Bertz CT molecular complexity index is 753. The van der Waals surface area contributed by atoms with Crippen molar-refractivity contribution in [3.05, 3.63) is 59.7 Å². The zero-order valence-electron chi connectivity index (χ0n) is 11.8.